The first-order valence-electron chi connectivity index (χ1n) is 7.28. The Labute approximate surface area is 121 Å². The lowest BCUT2D eigenvalue weighted by molar-refractivity contribution is 0.0892. The van der Waals surface area contributed by atoms with Gasteiger partial charge in [-0.15, -0.1) is 0 Å². The number of nitrogens with one attached hydrogen (secondary N) is 1. The zero-order chi connectivity index (χ0) is 14.4. The Balaban J connectivity index is 1.81. The molecule has 4 heteroatoms. The second-order valence-electron chi connectivity index (χ2n) is 5.40. The van der Waals surface area contributed by atoms with E-state index in [9.17, 15) is 4.79 Å². The van der Waals surface area contributed by atoms with Crippen molar-refractivity contribution < 1.29 is 9.53 Å². The number of amides is 1. The number of benzene rings is 1. The van der Waals surface area contributed by atoms with E-state index in [0.717, 1.165) is 50.2 Å². The number of methoxy groups -OCH3 is 1. The first kappa shape index (κ1) is 15.0. The molecule has 0 spiro atoms. The number of likely N-dealkylation sites (tertiary alicyclic amines) is 1. The van der Waals surface area contributed by atoms with E-state index < -0.39 is 0 Å². The summed E-state index contributed by atoms with van der Waals surface area (Å²) >= 11 is 0. The lowest BCUT2D eigenvalue weighted by atomic mass is 10.0. The summed E-state index contributed by atoms with van der Waals surface area (Å²) in [5.41, 5.74) is 1.82. The van der Waals surface area contributed by atoms with E-state index in [1.807, 2.05) is 31.2 Å². The zero-order valence-electron chi connectivity index (χ0n) is 12.4. The summed E-state index contributed by atoms with van der Waals surface area (Å²) in [7, 11) is 1.73. The van der Waals surface area contributed by atoms with Crippen LogP contribution in [0.3, 0.4) is 0 Å². The van der Waals surface area contributed by atoms with Gasteiger partial charge >= 0.3 is 0 Å². The standard InChI is InChI=1S/C16H24N2O2/c1-13-5-3-4-6-15(13)16(19)17-14-7-9-18(10-8-14)11-12-20-2/h3-6,14H,7-12H2,1-2H3,(H,17,19). The highest BCUT2D eigenvalue weighted by Gasteiger charge is 2.21. The summed E-state index contributed by atoms with van der Waals surface area (Å²) in [6.45, 7) is 5.79. The van der Waals surface area contributed by atoms with Gasteiger partial charge in [0.25, 0.3) is 5.91 Å². The van der Waals surface area contributed by atoms with E-state index in [4.69, 9.17) is 4.74 Å². The van der Waals surface area contributed by atoms with Gasteiger partial charge in [0.15, 0.2) is 0 Å². The molecule has 2 rings (SSSR count). The molecular weight excluding hydrogens is 252 g/mol. The third-order valence-corrected chi connectivity index (χ3v) is 3.92. The van der Waals surface area contributed by atoms with Crippen LogP contribution in [0.4, 0.5) is 0 Å². The van der Waals surface area contributed by atoms with Crippen LogP contribution >= 0.6 is 0 Å². The van der Waals surface area contributed by atoms with Gasteiger partial charge < -0.3 is 15.0 Å². The Hall–Kier alpha value is -1.39. The highest BCUT2D eigenvalue weighted by molar-refractivity contribution is 5.95. The molecule has 1 N–H and O–H groups in total. The summed E-state index contributed by atoms with van der Waals surface area (Å²) in [4.78, 5) is 14.6. The number of hydrogen-bond acceptors (Lipinski definition) is 3. The molecule has 1 saturated heterocycles. The highest BCUT2D eigenvalue weighted by atomic mass is 16.5. The smallest absolute Gasteiger partial charge is 0.251 e. The fraction of sp³-hybridized carbons (Fsp3) is 0.562. The number of piperidine rings is 1. The van der Waals surface area contributed by atoms with Gasteiger partial charge in [-0.2, -0.15) is 0 Å². The van der Waals surface area contributed by atoms with Crippen LogP contribution in [0.1, 0.15) is 28.8 Å². The molecule has 4 nitrogen and oxygen atoms in total. The molecule has 0 aliphatic carbocycles. The van der Waals surface area contributed by atoms with Crippen LogP contribution in [0.2, 0.25) is 0 Å². The molecule has 1 heterocycles. The second-order valence-corrected chi connectivity index (χ2v) is 5.40. The number of hydrogen-bond donors (Lipinski definition) is 1. The lowest BCUT2D eigenvalue weighted by Crippen LogP contribution is -2.45. The Morgan fingerprint density at radius 1 is 1.35 bits per heavy atom. The number of carbonyl (C=O) groups excluding carboxylic acids is 1. The van der Waals surface area contributed by atoms with Gasteiger partial charge in [-0.05, 0) is 31.4 Å². The van der Waals surface area contributed by atoms with Crippen LogP contribution in [0.25, 0.3) is 0 Å². The highest BCUT2D eigenvalue weighted by Crippen LogP contribution is 2.12. The molecule has 1 aromatic rings. The summed E-state index contributed by atoms with van der Waals surface area (Å²) in [5, 5.41) is 3.16. The van der Waals surface area contributed by atoms with Crippen LogP contribution in [0.5, 0.6) is 0 Å². The molecule has 1 aliphatic heterocycles. The van der Waals surface area contributed by atoms with Crippen molar-refractivity contribution in [3.8, 4) is 0 Å². The van der Waals surface area contributed by atoms with Gasteiger partial charge in [-0.1, -0.05) is 18.2 Å². The van der Waals surface area contributed by atoms with Crippen molar-refractivity contribution in [3.05, 3.63) is 35.4 Å². The number of carbonyl (C=O) groups is 1. The predicted molar refractivity (Wildman–Crippen MR) is 80.0 cm³/mol. The van der Waals surface area contributed by atoms with Crippen molar-refractivity contribution in [2.24, 2.45) is 0 Å². The van der Waals surface area contributed by atoms with Crippen LogP contribution in [0.15, 0.2) is 24.3 Å². The van der Waals surface area contributed by atoms with Crippen molar-refractivity contribution in [3.63, 3.8) is 0 Å². The summed E-state index contributed by atoms with van der Waals surface area (Å²) in [6, 6.07) is 8.02. The second kappa shape index (κ2) is 7.41. The van der Waals surface area contributed by atoms with E-state index in [2.05, 4.69) is 10.2 Å². The van der Waals surface area contributed by atoms with Crippen LogP contribution in [-0.2, 0) is 4.74 Å². The molecule has 0 radical (unpaired) electrons. The van der Waals surface area contributed by atoms with Gasteiger partial charge in [-0.25, -0.2) is 0 Å². The summed E-state index contributed by atoms with van der Waals surface area (Å²) in [5.74, 6) is 0.0541. The van der Waals surface area contributed by atoms with E-state index in [0.29, 0.717) is 6.04 Å². The van der Waals surface area contributed by atoms with E-state index in [1.54, 1.807) is 7.11 Å². The molecule has 1 aliphatic rings. The average Bonchev–Trinajstić information content (AvgIpc) is 2.47. The minimum atomic E-state index is 0.0541. The molecule has 0 saturated carbocycles. The molecule has 110 valence electrons. The van der Waals surface area contributed by atoms with Crippen molar-refractivity contribution in [1.82, 2.24) is 10.2 Å². The average molecular weight is 276 g/mol. The monoisotopic (exact) mass is 276 g/mol. The largest absolute Gasteiger partial charge is 0.383 e. The topological polar surface area (TPSA) is 41.6 Å². The molecule has 1 aromatic carbocycles. The van der Waals surface area contributed by atoms with Crippen molar-refractivity contribution in [1.29, 1.82) is 0 Å². The van der Waals surface area contributed by atoms with Crippen LogP contribution in [0, 0.1) is 6.92 Å². The maximum atomic E-state index is 12.2. The minimum absolute atomic E-state index is 0.0541. The predicted octanol–water partition coefficient (Wildman–Crippen LogP) is 1.84. The first-order chi connectivity index (χ1) is 9.70. The van der Waals surface area contributed by atoms with Crippen molar-refractivity contribution >= 4 is 5.91 Å². The third kappa shape index (κ3) is 4.05. The Morgan fingerprint density at radius 3 is 2.70 bits per heavy atom. The first-order valence-corrected chi connectivity index (χ1v) is 7.28. The number of nitrogens with zero attached hydrogens (tertiary/aromatic N) is 1. The maximum Gasteiger partial charge on any atom is 0.251 e. The molecular formula is C16H24N2O2. The quantitative estimate of drug-likeness (QED) is 0.892. The molecule has 0 aromatic heterocycles. The van der Waals surface area contributed by atoms with Crippen molar-refractivity contribution in [2.75, 3.05) is 33.4 Å². The lowest BCUT2D eigenvalue weighted by Gasteiger charge is -2.32. The molecule has 0 unspecified atom stereocenters. The van der Waals surface area contributed by atoms with E-state index in [-0.39, 0.29) is 5.91 Å². The normalized spacial score (nSPS) is 17.1. The Bertz CT molecular complexity index is 440. The van der Waals surface area contributed by atoms with Crippen LogP contribution in [-0.4, -0.2) is 50.2 Å². The Kier molecular flexibility index (Phi) is 5.56. The van der Waals surface area contributed by atoms with E-state index in [1.165, 1.54) is 0 Å². The number of ether oxygens (including phenoxy) is 1. The van der Waals surface area contributed by atoms with Gasteiger partial charge in [0.1, 0.15) is 0 Å². The molecule has 0 atom stereocenters. The van der Waals surface area contributed by atoms with Gasteiger partial charge in [-0.3, -0.25) is 4.79 Å². The van der Waals surface area contributed by atoms with Gasteiger partial charge in [0, 0.05) is 38.3 Å². The Morgan fingerprint density at radius 2 is 2.05 bits per heavy atom. The summed E-state index contributed by atoms with van der Waals surface area (Å²) < 4.78 is 5.10. The van der Waals surface area contributed by atoms with Crippen molar-refractivity contribution in [2.45, 2.75) is 25.8 Å². The fourth-order valence-corrected chi connectivity index (χ4v) is 2.61. The molecule has 1 fully saturated rings. The third-order valence-electron chi connectivity index (χ3n) is 3.92. The molecule has 1 amide bonds. The maximum absolute atomic E-state index is 12.2. The summed E-state index contributed by atoms with van der Waals surface area (Å²) in [6.07, 6.45) is 2.03. The van der Waals surface area contributed by atoms with Crippen LogP contribution < -0.4 is 5.32 Å². The van der Waals surface area contributed by atoms with Gasteiger partial charge in [0.2, 0.25) is 0 Å². The number of aryl methyl sites for hydroxylation is 1. The number of rotatable bonds is 5. The minimum Gasteiger partial charge on any atom is -0.383 e. The molecule has 20 heavy (non-hydrogen) atoms. The van der Waals surface area contributed by atoms with E-state index >= 15 is 0 Å². The fourth-order valence-electron chi connectivity index (χ4n) is 2.61. The van der Waals surface area contributed by atoms with Gasteiger partial charge in [0.05, 0.1) is 6.61 Å². The zero-order valence-corrected chi connectivity index (χ0v) is 12.4. The SMILES string of the molecule is COCCN1CCC(NC(=O)c2ccccc2C)CC1. The molecule has 0 bridgehead atoms.